The molecule has 0 N–H and O–H groups in total. The summed E-state index contributed by atoms with van der Waals surface area (Å²) in [5.74, 6) is 0.773. The van der Waals surface area contributed by atoms with Crippen LogP contribution in [0, 0.1) is 0 Å². The Morgan fingerprint density at radius 3 is 2.63 bits per heavy atom. The van der Waals surface area contributed by atoms with Crippen molar-refractivity contribution in [3.8, 4) is 0 Å². The van der Waals surface area contributed by atoms with E-state index in [0.717, 1.165) is 41.1 Å². The molecule has 1 fully saturated rings. The lowest BCUT2D eigenvalue weighted by atomic mass is 10.0. The van der Waals surface area contributed by atoms with E-state index in [-0.39, 0.29) is 24.3 Å². The number of anilines is 2. The summed E-state index contributed by atoms with van der Waals surface area (Å²) in [6.45, 7) is 1.42. The Labute approximate surface area is 208 Å². The number of halogens is 1. The first kappa shape index (κ1) is 21.9. The highest BCUT2D eigenvalue weighted by atomic mass is 35.5. The van der Waals surface area contributed by atoms with Gasteiger partial charge in [0.25, 0.3) is 0 Å². The smallest absolute Gasteiger partial charge is 0.246 e. The molecule has 2 aliphatic heterocycles. The third-order valence-corrected chi connectivity index (χ3v) is 7.27. The minimum atomic E-state index is -0.105. The van der Waals surface area contributed by atoms with Crippen LogP contribution >= 0.6 is 11.6 Å². The van der Waals surface area contributed by atoms with E-state index in [1.54, 1.807) is 17.0 Å². The molecule has 3 heterocycles. The number of benzene rings is 3. The number of fused-ring (bicyclic) bond motifs is 2. The number of amides is 2. The van der Waals surface area contributed by atoms with E-state index in [1.165, 1.54) is 5.56 Å². The number of nitrogens with zero attached hydrogens (tertiary/aromatic N) is 4. The molecule has 0 aliphatic carbocycles. The number of aromatic nitrogens is 2. The van der Waals surface area contributed by atoms with Gasteiger partial charge in [0.15, 0.2) is 0 Å². The SMILES string of the molecule is O=C1CC(c2nc3ccccc3n2CC(=O)N2CCCc3ccccc32)CN1c1ccc(Cl)cc1. The molecule has 7 heteroatoms. The van der Waals surface area contributed by atoms with Gasteiger partial charge in [-0.2, -0.15) is 0 Å². The third kappa shape index (κ3) is 3.98. The Morgan fingerprint density at radius 1 is 1.00 bits per heavy atom. The monoisotopic (exact) mass is 484 g/mol. The van der Waals surface area contributed by atoms with Crippen LogP contribution in [0.4, 0.5) is 11.4 Å². The van der Waals surface area contributed by atoms with Gasteiger partial charge >= 0.3 is 0 Å². The van der Waals surface area contributed by atoms with Crippen molar-refractivity contribution in [2.45, 2.75) is 31.7 Å². The lowest BCUT2D eigenvalue weighted by molar-refractivity contribution is -0.119. The van der Waals surface area contributed by atoms with Gasteiger partial charge in [-0.3, -0.25) is 9.59 Å². The largest absolute Gasteiger partial charge is 0.318 e. The first-order valence-corrected chi connectivity index (χ1v) is 12.4. The number of imidazole rings is 1. The van der Waals surface area contributed by atoms with Crippen LogP contribution in [0.5, 0.6) is 0 Å². The van der Waals surface area contributed by atoms with Crippen molar-refractivity contribution in [3.05, 3.63) is 89.2 Å². The fraction of sp³-hybridized carbons (Fsp3) is 0.250. The summed E-state index contributed by atoms with van der Waals surface area (Å²) in [6, 6.07) is 23.3. The van der Waals surface area contributed by atoms with E-state index in [0.29, 0.717) is 24.5 Å². The molecule has 1 saturated heterocycles. The Bertz CT molecular complexity index is 1430. The fourth-order valence-electron chi connectivity index (χ4n) is 5.34. The number of rotatable bonds is 4. The zero-order valence-electron chi connectivity index (χ0n) is 19.2. The Balaban J connectivity index is 1.33. The Hall–Kier alpha value is -3.64. The van der Waals surface area contributed by atoms with Crippen LogP contribution < -0.4 is 9.80 Å². The summed E-state index contributed by atoms with van der Waals surface area (Å²) in [7, 11) is 0. The second kappa shape index (κ2) is 8.86. The molecule has 6 rings (SSSR count). The quantitative estimate of drug-likeness (QED) is 0.400. The second-order valence-corrected chi connectivity index (χ2v) is 9.64. The molecular formula is C28H25ClN4O2. The van der Waals surface area contributed by atoms with E-state index < -0.39 is 0 Å². The maximum Gasteiger partial charge on any atom is 0.246 e. The fourth-order valence-corrected chi connectivity index (χ4v) is 5.46. The summed E-state index contributed by atoms with van der Waals surface area (Å²) in [5, 5.41) is 0.636. The van der Waals surface area contributed by atoms with E-state index in [4.69, 9.17) is 16.6 Å². The van der Waals surface area contributed by atoms with Crippen molar-refractivity contribution >= 4 is 45.8 Å². The summed E-state index contributed by atoms with van der Waals surface area (Å²) in [4.78, 5) is 35.2. The van der Waals surface area contributed by atoms with Gasteiger partial charge < -0.3 is 14.4 Å². The predicted octanol–water partition coefficient (Wildman–Crippen LogP) is 5.19. The number of carbonyl (C=O) groups excluding carboxylic acids is 2. The Morgan fingerprint density at radius 2 is 1.77 bits per heavy atom. The van der Waals surface area contributed by atoms with Crippen molar-refractivity contribution in [1.82, 2.24) is 9.55 Å². The van der Waals surface area contributed by atoms with Gasteiger partial charge in [0.1, 0.15) is 12.4 Å². The number of hydrogen-bond acceptors (Lipinski definition) is 3. The third-order valence-electron chi connectivity index (χ3n) is 7.02. The van der Waals surface area contributed by atoms with Gasteiger partial charge in [-0.25, -0.2) is 4.98 Å². The molecule has 35 heavy (non-hydrogen) atoms. The highest BCUT2D eigenvalue weighted by molar-refractivity contribution is 6.30. The summed E-state index contributed by atoms with van der Waals surface area (Å²) in [5.41, 5.74) is 4.79. The molecule has 1 atom stereocenters. The van der Waals surface area contributed by atoms with Crippen LogP contribution in [0.2, 0.25) is 5.02 Å². The minimum Gasteiger partial charge on any atom is -0.318 e. The lowest BCUT2D eigenvalue weighted by Gasteiger charge is -2.30. The molecular weight excluding hydrogens is 460 g/mol. The number of aryl methyl sites for hydroxylation is 1. The topological polar surface area (TPSA) is 58.4 Å². The van der Waals surface area contributed by atoms with Gasteiger partial charge in [0, 0.05) is 41.8 Å². The van der Waals surface area contributed by atoms with Crippen LogP contribution in [-0.4, -0.2) is 34.5 Å². The van der Waals surface area contributed by atoms with Crippen LogP contribution in [0.25, 0.3) is 11.0 Å². The standard InChI is InChI=1S/C28H25ClN4O2/c29-21-11-13-22(14-12-21)32-17-20(16-26(32)34)28-30-23-8-2-4-10-25(23)33(28)18-27(35)31-15-5-7-19-6-1-3-9-24(19)31/h1-4,6,8-14,20H,5,7,15-18H2. The van der Waals surface area contributed by atoms with Gasteiger partial charge in [0.05, 0.1) is 11.0 Å². The van der Waals surface area contributed by atoms with Crippen LogP contribution in [0.1, 0.15) is 30.1 Å². The predicted molar refractivity (Wildman–Crippen MR) is 138 cm³/mol. The van der Waals surface area contributed by atoms with Crippen molar-refractivity contribution in [3.63, 3.8) is 0 Å². The van der Waals surface area contributed by atoms with Crippen LogP contribution in [0.3, 0.4) is 0 Å². The van der Waals surface area contributed by atoms with Gasteiger partial charge in [0.2, 0.25) is 11.8 Å². The maximum absolute atomic E-state index is 13.6. The molecule has 3 aromatic carbocycles. The van der Waals surface area contributed by atoms with Crippen molar-refractivity contribution in [2.24, 2.45) is 0 Å². The average molecular weight is 485 g/mol. The summed E-state index contributed by atoms with van der Waals surface area (Å²) >= 11 is 6.04. The molecule has 4 aromatic rings. The number of carbonyl (C=O) groups is 2. The molecule has 0 saturated carbocycles. The molecule has 0 bridgehead atoms. The van der Waals surface area contributed by atoms with Crippen molar-refractivity contribution in [1.29, 1.82) is 0 Å². The van der Waals surface area contributed by atoms with E-state index in [9.17, 15) is 9.59 Å². The normalized spacial score (nSPS) is 17.7. The van der Waals surface area contributed by atoms with E-state index >= 15 is 0 Å². The molecule has 6 nitrogen and oxygen atoms in total. The molecule has 176 valence electrons. The van der Waals surface area contributed by atoms with Crippen LogP contribution in [-0.2, 0) is 22.6 Å². The number of para-hydroxylation sites is 3. The van der Waals surface area contributed by atoms with Crippen molar-refractivity contribution < 1.29 is 9.59 Å². The van der Waals surface area contributed by atoms with Crippen molar-refractivity contribution in [2.75, 3.05) is 22.9 Å². The zero-order chi connectivity index (χ0) is 23.9. The highest BCUT2D eigenvalue weighted by Crippen LogP contribution is 2.34. The maximum atomic E-state index is 13.6. The molecule has 0 radical (unpaired) electrons. The van der Waals surface area contributed by atoms with Gasteiger partial charge in [-0.15, -0.1) is 0 Å². The molecule has 2 aliphatic rings. The second-order valence-electron chi connectivity index (χ2n) is 9.20. The first-order chi connectivity index (χ1) is 17.1. The van der Waals surface area contributed by atoms with E-state index in [1.807, 2.05) is 64.1 Å². The van der Waals surface area contributed by atoms with Gasteiger partial charge in [-0.05, 0) is 60.9 Å². The molecule has 1 aromatic heterocycles. The highest BCUT2D eigenvalue weighted by Gasteiger charge is 2.35. The lowest BCUT2D eigenvalue weighted by Crippen LogP contribution is -2.38. The summed E-state index contributed by atoms with van der Waals surface area (Å²) < 4.78 is 2.01. The number of hydrogen-bond donors (Lipinski definition) is 0. The van der Waals surface area contributed by atoms with E-state index in [2.05, 4.69) is 6.07 Å². The Kier molecular flexibility index (Phi) is 5.53. The average Bonchev–Trinajstić information content (AvgIpc) is 3.44. The van der Waals surface area contributed by atoms with Crippen LogP contribution in [0.15, 0.2) is 72.8 Å². The minimum absolute atomic E-state index is 0.0421. The molecule has 0 spiro atoms. The van der Waals surface area contributed by atoms with Gasteiger partial charge in [-0.1, -0.05) is 41.9 Å². The molecule has 1 unspecified atom stereocenters. The first-order valence-electron chi connectivity index (χ1n) is 12.0. The molecule has 2 amide bonds. The summed E-state index contributed by atoms with van der Waals surface area (Å²) in [6.07, 6.45) is 2.30. The zero-order valence-corrected chi connectivity index (χ0v) is 20.0.